The number of hydrogen-bond donors (Lipinski definition) is 1. The maximum atomic E-state index is 10.6. The van der Waals surface area contributed by atoms with Crippen molar-refractivity contribution >= 4 is 0 Å². The lowest BCUT2D eigenvalue weighted by atomic mass is 9.85. The molecular formula is C14H14O. The number of aliphatic hydroxyl groups is 1. The van der Waals surface area contributed by atoms with Crippen LogP contribution in [0.2, 0.25) is 0 Å². The molecule has 0 spiro atoms. The number of benzene rings is 1. The van der Waals surface area contributed by atoms with E-state index in [-0.39, 0.29) is 5.92 Å². The minimum atomic E-state index is -1.00. The van der Waals surface area contributed by atoms with E-state index >= 15 is 0 Å². The van der Waals surface area contributed by atoms with Crippen LogP contribution in [0.5, 0.6) is 0 Å². The van der Waals surface area contributed by atoms with Crippen LogP contribution in [0, 0.1) is 18.3 Å². The Morgan fingerprint density at radius 3 is 2.93 bits per heavy atom. The van der Waals surface area contributed by atoms with Crippen LogP contribution in [0.25, 0.3) is 0 Å². The lowest BCUT2D eigenvalue weighted by Crippen LogP contribution is -2.28. The Hall–Kier alpha value is -1.26. The van der Waals surface area contributed by atoms with E-state index in [1.54, 1.807) is 0 Å². The third-order valence-corrected chi connectivity index (χ3v) is 4.04. The molecule has 15 heavy (non-hydrogen) atoms. The Balaban J connectivity index is 2.23. The van der Waals surface area contributed by atoms with E-state index in [4.69, 9.17) is 6.42 Å². The third-order valence-electron chi connectivity index (χ3n) is 4.04. The van der Waals surface area contributed by atoms with Crippen molar-refractivity contribution in [1.82, 2.24) is 0 Å². The van der Waals surface area contributed by atoms with Crippen molar-refractivity contribution in [3.63, 3.8) is 0 Å². The van der Waals surface area contributed by atoms with Crippen molar-refractivity contribution in [2.45, 2.75) is 30.8 Å². The maximum Gasteiger partial charge on any atom is 0.154 e. The standard InChI is InChI=1S/C14H14O/c1-2-14(15)12-8-4-3-6-10(12)11-7-5-9-13(11)14/h1,3-4,6,8,11,13,15H,5,7,9H2/t11-,13-,14-/m0/s1. The Kier molecular flexibility index (Phi) is 1.72. The molecule has 0 bridgehead atoms. The minimum Gasteiger partial charge on any atom is -0.373 e. The molecule has 0 aromatic heterocycles. The van der Waals surface area contributed by atoms with Gasteiger partial charge >= 0.3 is 0 Å². The molecule has 1 heteroatoms. The number of fused-ring (bicyclic) bond motifs is 3. The van der Waals surface area contributed by atoms with Crippen LogP contribution >= 0.6 is 0 Å². The van der Waals surface area contributed by atoms with Gasteiger partial charge in [0.1, 0.15) is 0 Å². The van der Waals surface area contributed by atoms with Gasteiger partial charge in [0.15, 0.2) is 5.60 Å². The summed E-state index contributed by atoms with van der Waals surface area (Å²) in [6, 6.07) is 8.10. The van der Waals surface area contributed by atoms with Gasteiger partial charge in [-0.3, -0.25) is 0 Å². The highest BCUT2D eigenvalue weighted by molar-refractivity contribution is 5.47. The SMILES string of the molecule is C#C[C@]1(O)c2ccccc2[C@@H]2CCC[C@@H]21. The van der Waals surface area contributed by atoms with Crippen LogP contribution in [0.1, 0.15) is 36.3 Å². The second kappa shape index (κ2) is 2.87. The summed E-state index contributed by atoms with van der Waals surface area (Å²) in [6.07, 6.45) is 8.95. The highest BCUT2D eigenvalue weighted by Crippen LogP contribution is 2.56. The molecule has 3 rings (SSSR count). The van der Waals surface area contributed by atoms with E-state index in [9.17, 15) is 5.11 Å². The Bertz CT molecular complexity index is 443. The molecule has 2 aliphatic rings. The zero-order valence-electron chi connectivity index (χ0n) is 8.61. The average Bonchev–Trinajstić information content (AvgIpc) is 2.83. The lowest BCUT2D eigenvalue weighted by Gasteiger charge is -2.24. The lowest BCUT2D eigenvalue weighted by molar-refractivity contribution is 0.0452. The van der Waals surface area contributed by atoms with Gasteiger partial charge in [0, 0.05) is 5.92 Å². The summed E-state index contributed by atoms with van der Waals surface area (Å²) in [5.74, 6) is 3.36. The smallest absolute Gasteiger partial charge is 0.154 e. The average molecular weight is 198 g/mol. The van der Waals surface area contributed by atoms with Gasteiger partial charge in [-0.25, -0.2) is 0 Å². The highest BCUT2D eigenvalue weighted by Gasteiger charge is 2.51. The molecule has 3 atom stereocenters. The van der Waals surface area contributed by atoms with E-state index in [0.717, 1.165) is 12.0 Å². The predicted octanol–water partition coefficient (Wildman–Crippen LogP) is 2.40. The van der Waals surface area contributed by atoms with Crippen LogP contribution in [-0.4, -0.2) is 5.11 Å². The van der Waals surface area contributed by atoms with Gasteiger partial charge in [-0.05, 0) is 29.9 Å². The monoisotopic (exact) mass is 198 g/mol. The number of terminal acetylenes is 1. The van der Waals surface area contributed by atoms with E-state index < -0.39 is 5.60 Å². The third kappa shape index (κ3) is 0.979. The summed E-state index contributed by atoms with van der Waals surface area (Å²) < 4.78 is 0. The molecule has 1 fully saturated rings. The molecule has 1 aromatic carbocycles. The van der Waals surface area contributed by atoms with Gasteiger partial charge in [0.05, 0.1) is 0 Å². The van der Waals surface area contributed by atoms with Crippen LogP contribution < -0.4 is 0 Å². The highest BCUT2D eigenvalue weighted by atomic mass is 16.3. The van der Waals surface area contributed by atoms with Gasteiger partial charge in [-0.1, -0.05) is 36.6 Å². The Morgan fingerprint density at radius 1 is 1.33 bits per heavy atom. The molecule has 0 heterocycles. The molecule has 1 aromatic rings. The summed E-state index contributed by atoms with van der Waals surface area (Å²) in [5.41, 5.74) is 1.25. The Morgan fingerprint density at radius 2 is 2.13 bits per heavy atom. The van der Waals surface area contributed by atoms with Crippen molar-refractivity contribution in [1.29, 1.82) is 0 Å². The van der Waals surface area contributed by atoms with Crippen molar-refractivity contribution in [3.05, 3.63) is 35.4 Å². The first-order valence-corrected chi connectivity index (χ1v) is 5.57. The molecule has 1 N–H and O–H groups in total. The van der Waals surface area contributed by atoms with E-state index in [1.807, 2.05) is 18.2 Å². The second-order valence-electron chi connectivity index (χ2n) is 4.64. The predicted molar refractivity (Wildman–Crippen MR) is 59.3 cm³/mol. The molecule has 0 unspecified atom stereocenters. The van der Waals surface area contributed by atoms with Gasteiger partial charge < -0.3 is 5.11 Å². The second-order valence-corrected chi connectivity index (χ2v) is 4.64. The molecule has 0 amide bonds. The number of hydrogen-bond acceptors (Lipinski definition) is 1. The quantitative estimate of drug-likeness (QED) is 0.635. The molecule has 1 nitrogen and oxygen atoms in total. The van der Waals surface area contributed by atoms with Crippen molar-refractivity contribution < 1.29 is 5.11 Å². The normalized spacial score (nSPS) is 37.1. The largest absolute Gasteiger partial charge is 0.373 e. The molecule has 76 valence electrons. The first-order valence-electron chi connectivity index (χ1n) is 5.57. The first-order chi connectivity index (χ1) is 7.27. The topological polar surface area (TPSA) is 20.2 Å². The summed E-state index contributed by atoms with van der Waals surface area (Å²) >= 11 is 0. The zero-order valence-corrected chi connectivity index (χ0v) is 8.61. The molecule has 2 aliphatic carbocycles. The van der Waals surface area contributed by atoms with Gasteiger partial charge in [-0.15, -0.1) is 6.42 Å². The summed E-state index contributed by atoms with van der Waals surface area (Å²) in [7, 11) is 0. The number of rotatable bonds is 0. The van der Waals surface area contributed by atoms with Crippen LogP contribution in [0.4, 0.5) is 0 Å². The van der Waals surface area contributed by atoms with Crippen LogP contribution in [-0.2, 0) is 5.60 Å². The molecular weight excluding hydrogens is 184 g/mol. The summed E-state index contributed by atoms with van der Waals surface area (Å²) in [6.45, 7) is 0. The first kappa shape index (κ1) is 9.00. The van der Waals surface area contributed by atoms with Gasteiger partial charge in [-0.2, -0.15) is 0 Å². The van der Waals surface area contributed by atoms with Crippen molar-refractivity contribution in [3.8, 4) is 12.3 Å². The van der Waals surface area contributed by atoms with E-state index in [2.05, 4.69) is 12.0 Å². The van der Waals surface area contributed by atoms with Gasteiger partial charge in [0.2, 0.25) is 0 Å². The fraction of sp³-hybridized carbons (Fsp3) is 0.429. The minimum absolute atomic E-state index is 0.250. The fourth-order valence-corrected chi connectivity index (χ4v) is 3.38. The molecule has 0 saturated heterocycles. The fourth-order valence-electron chi connectivity index (χ4n) is 3.38. The van der Waals surface area contributed by atoms with Crippen molar-refractivity contribution in [2.24, 2.45) is 5.92 Å². The summed E-state index contributed by atoms with van der Waals surface area (Å²) in [4.78, 5) is 0. The van der Waals surface area contributed by atoms with Crippen LogP contribution in [0.15, 0.2) is 24.3 Å². The molecule has 0 aliphatic heterocycles. The maximum absolute atomic E-state index is 10.6. The van der Waals surface area contributed by atoms with Crippen molar-refractivity contribution in [2.75, 3.05) is 0 Å². The van der Waals surface area contributed by atoms with Gasteiger partial charge in [0.25, 0.3) is 0 Å². The Labute approximate surface area is 90.1 Å². The van der Waals surface area contributed by atoms with E-state index in [0.29, 0.717) is 5.92 Å². The van der Waals surface area contributed by atoms with E-state index in [1.165, 1.54) is 18.4 Å². The molecule has 0 radical (unpaired) electrons. The molecule has 1 saturated carbocycles. The summed E-state index contributed by atoms with van der Waals surface area (Å²) in [5, 5.41) is 10.6. The zero-order chi connectivity index (χ0) is 10.5. The van der Waals surface area contributed by atoms with Crippen LogP contribution in [0.3, 0.4) is 0 Å².